The zero-order valence-corrected chi connectivity index (χ0v) is 32.8. The maximum Gasteiger partial charge on any atom is 0.490 e. The first-order chi connectivity index (χ1) is 24.7. The Balaban J connectivity index is 0. The topological polar surface area (TPSA) is 190 Å². The van der Waals surface area contributed by atoms with Crippen molar-refractivity contribution < 1.29 is 85.5 Å². The van der Waals surface area contributed by atoms with Crippen molar-refractivity contribution in [3.63, 3.8) is 0 Å². The molecule has 14 nitrogen and oxygen atoms in total. The molecular formula is C30H42F5O14S4+. The minimum absolute atomic E-state index is 0.401. The molecule has 2 heterocycles. The molecule has 0 radical (unpaired) electrons. The first kappa shape index (κ1) is 52.0. The molecule has 0 bridgehead atoms. The second kappa shape index (κ2) is 28.4. The predicted octanol–water partition coefficient (Wildman–Crippen LogP) is 3.36. The Labute approximate surface area is 314 Å². The van der Waals surface area contributed by atoms with Crippen LogP contribution >= 0.6 is 0 Å². The van der Waals surface area contributed by atoms with Crippen LogP contribution in [0.25, 0.3) is 0 Å². The molecule has 2 aromatic rings. The normalized spacial score (nSPS) is 14.4. The van der Waals surface area contributed by atoms with E-state index in [1.165, 1.54) is 32.8 Å². The third-order valence-corrected chi connectivity index (χ3v) is 10.8. The standard InChI is InChI=1S/2C11H15O2S.C4H6F2O2.C3H3F3O2.CH4O4S.O2S/c2*1-12-10-2-4-11(5-3-10)14-8-6-13-7-9-14;1-4(5,6)3(7)8-2;1-8-2(7)3(4,5)6;1-5-6(2,3)4;1-3-2/h2*2-5H,6-9H2,1H3;1-2H3;1H3;1H3,(H,2,3,4);/q2*+1;;;;/p-1. The molecule has 2 fully saturated rings. The van der Waals surface area contributed by atoms with Crippen molar-refractivity contribution in [2.75, 3.05) is 85.0 Å². The van der Waals surface area contributed by atoms with Crippen LogP contribution in [0.4, 0.5) is 22.0 Å². The molecule has 0 saturated carbocycles. The summed E-state index contributed by atoms with van der Waals surface area (Å²) in [6.07, 6.45) is -4.85. The predicted molar refractivity (Wildman–Crippen MR) is 185 cm³/mol. The largest absolute Gasteiger partial charge is 0.726 e. The van der Waals surface area contributed by atoms with E-state index in [2.05, 4.69) is 37.9 Å². The van der Waals surface area contributed by atoms with Gasteiger partial charge in [-0.3, -0.25) is 4.18 Å². The molecule has 23 heteroatoms. The van der Waals surface area contributed by atoms with Crippen LogP contribution in [-0.4, -0.2) is 130 Å². The Bertz CT molecular complexity index is 1340. The van der Waals surface area contributed by atoms with Crippen LogP contribution in [0.1, 0.15) is 6.92 Å². The summed E-state index contributed by atoms with van der Waals surface area (Å²) in [6, 6.07) is 16.9. The summed E-state index contributed by atoms with van der Waals surface area (Å²) in [5, 5.41) is 0. The van der Waals surface area contributed by atoms with Gasteiger partial charge < -0.3 is 33.0 Å². The number of methoxy groups -OCH3 is 4. The van der Waals surface area contributed by atoms with Crippen molar-refractivity contribution in [1.82, 2.24) is 0 Å². The van der Waals surface area contributed by atoms with E-state index in [9.17, 15) is 44.5 Å². The summed E-state index contributed by atoms with van der Waals surface area (Å²) < 4.78 is 132. The van der Waals surface area contributed by atoms with Crippen molar-refractivity contribution in [2.45, 2.75) is 28.8 Å². The Morgan fingerprint density at radius 3 is 1.11 bits per heavy atom. The highest BCUT2D eigenvalue weighted by atomic mass is 32.3. The summed E-state index contributed by atoms with van der Waals surface area (Å²) in [5.74, 6) is -0.460. The highest BCUT2D eigenvalue weighted by Crippen LogP contribution is 2.21. The van der Waals surface area contributed by atoms with Gasteiger partial charge in [-0.2, -0.15) is 30.4 Å². The zero-order valence-electron chi connectivity index (χ0n) is 29.5. The lowest BCUT2D eigenvalue weighted by molar-refractivity contribution is -0.196. The number of esters is 2. The Kier molecular flexibility index (Phi) is 27.9. The number of benzene rings is 2. The maximum atomic E-state index is 11.6. The van der Waals surface area contributed by atoms with E-state index in [0.717, 1.165) is 52.1 Å². The van der Waals surface area contributed by atoms with Crippen LogP contribution in [0.5, 0.6) is 11.5 Å². The maximum absolute atomic E-state index is 11.6. The van der Waals surface area contributed by atoms with Gasteiger partial charge in [-0.15, -0.1) is 0 Å². The molecule has 0 aromatic heterocycles. The lowest BCUT2D eigenvalue weighted by Gasteiger charge is -2.14. The number of carbonyl (C=O) groups excluding carboxylic acids is 2. The first-order valence-corrected chi connectivity index (χ1v) is 19.7. The minimum Gasteiger partial charge on any atom is -0.726 e. The highest BCUT2D eigenvalue weighted by Gasteiger charge is 2.40. The minimum atomic E-state index is -4.85. The summed E-state index contributed by atoms with van der Waals surface area (Å²) >= 11 is -0.750. The molecule has 2 saturated heterocycles. The molecule has 0 N–H and O–H groups in total. The van der Waals surface area contributed by atoms with Gasteiger partial charge in [-0.25, -0.2) is 18.0 Å². The van der Waals surface area contributed by atoms with E-state index < -0.39 is 46.0 Å². The van der Waals surface area contributed by atoms with Gasteiger partial charge in [0.2, 0.25) is 10.4 Å². The van der Waals surface area contributed by atoms with E-state index in [1.807, 2.05) is 24.3 Å². The number of rotatable bonds is 6. The molecule has 4 rings (SSSR count). The number of halogens is 5. The fourth-order valence-corrected chi connectivity index (χ4v) is 7.02. The molecular weight excluding hydrogens is 808 g/mol. The molecule has 2 aliphatic rings. The number of alkyl halides is 5. The SMILES string of the molecule is COC(=O)C(C)(F)F.COC(=O)C(F)(F)F.COS(=O)(=O)[O-].COc1ccc([S+]2CCOCC2)cc1.COc1ccc([S+]2CCOCC2)cc1.O=S=O. The fourth-order valence-electron chi connectivity index (χ4n) is 3.35. The number of hydrogen-bond acceptors (Lipinski definition) is 14. The Morgan fingerprint density at radius 1 is 0.679 bits per heavy atom. The van der Waals surface area contributed by atoms with Crippen LogP contribution in [0, 0.1) is 0 Å². The van der Waals surface area contributed by atoms with Gasteiger partial charge in [-0.05, 0) is 48.5 Å². The highest BCUT2D eigenvalue weighted by molar-refractivity contribution is 7.97. The van der Waals surface area contributed by atoms with Crippen LogP contribution in [-0.2, 0) is 76.5 Å². The zero-order chi connectivity index (χ0) is 41.1. The van der Waals surface area contributed by atoms with E-state index >= 15 is 0 Å². The first-order valence-electron chi connectivity index (χ1n) is 14.6. The molecule has 53 heavy (non-hydrogen) atoms. The molecule has 304 valence electrons. The van der Waals surface area contributed by atoms with E-state index in [4.69, 9.17) is 27.4 Å². The van der Waals surface area contributed by atoms with E-state index in [0.29, 0.717) is 35.8 Å². The third kappa shape index (κ3) is 26.4. The van der Waals surface area contributed by atoms with Gasteiger partial charge in [-0.1, -0.05) is 0 Å². The average molecular weight is 850 g/mol. The molecule has 0 unspecified atom stereocenters. The van der Waals surface area contributed by atoms with Gasteiger partial charge >= 0.3 is 35.6 Å². The summed E-state index contributed by atoms with van der Waals surface area (Å²) in [5.41, 5.74) is 0. The summed E-state index contributed by atoms with van der Waals surface area (Å²) in [4.78, 5) is 22.2. The summed E-state index contributed by atoms with van der Waals surface area (Å²) in [7, 11) is 2.19. The van der Waals surface area contributed by atoms with Crippen LogP contribution in [0.2, 0.25) is 0 Å². The lowest BCUT2D eigenvalue weighted by Crippen LogP contribution is -2.26. The van der Waals surface area contributed by atoms with Crippen molar-refractivity contribution in [2.24, 2.45) is 0 Å². The quantitative estimate of drug-likeness (QED) is 0.135. The second-order valence-electron chi connectivity index (χ2n) is 9.39. The van der Waals surface area contributed by atoms with Crippen molar-refractivity contribution >= 4 is 55.7 Å². The second-order valence-corrected chi connectivity index (χ2v) is 15.2. The Hall–Kier alpha value is -3.06. The smallest absolute Gasteiger partial charge is 0.490 e. The van der Waals surface area contributed by atoms with Gasteiger partial charge in [0.1, 0.15) is 34.5 Å². The van der Waals surface area contributed by atoms with Gasteiger partial charge in [0, 0.05) is 28.7 Å². The molecule has 0 spiro atoms. The number of ether oxygens (including phenoxy) is 6. The van der Waals surface area contributed by atoms with Crippen molar-refractivity contribution in [1.29, 1.82) is 0 Å². The van der Waals surface area contributed by atoms with E-state index in [1.54, 1.807) is 14.2 Å². The van der Waals surface area contributed by atoms with Gasteiger partial charge in [0.15, 0.2) is 9.79 Å². The monoisotopic (exact) mass is 849 g/mol. The number of hydrogen-bond donors (Lipinski definition) is 0. The molecule has 2 aliphatic heterocycles. The van der Waals surface area contributed by atoms with Crippen LogP contribution in [0.15, 0.2) is 58.3 Å². The summed E-state index contributed by atoms with van der Waals surface area (Å²) in [6.45, 7) is 4.13. The van der Waals surface area contributed by atoms with Crippen LogP contribution in [0.3, 0.4) is 0 Å². The van der Waals surface area contributed by atoms with Gasteiger partial charge in [0.25, 0.3) is 0 Å². The Morgan fingerprint density at radius 2 is 0.962 bits per heavy atom. The van der Waals surface area contributed by atoms with E-state index in [-0.39, 0.29) is 0 Å². The average Bonchev–Trinajstić information content (AvgIpc) is 3.15. The molecule has 0 atom stereocenters. The molecule has 0 amide bonds. The van der Waals surface area contributed by atoms with Crippen molar-refractivity contribution in [3.05, 3.63) is 48.5 Å². The fraction of sp³-hybridized carbons (Fsp3) is 0.533. The van der Waals surface area contributed by atoms with Gasteiger partial charge in [0.05, 0.1) is 62.0 Å². The number of carbonyl (C=O) groups is 2. The van der Waals surface area contributed by atoms with Crippen LogP contribution < -0.4 is 9.47 Å². The molecule has 0 aliphatic carbocycles. The lowest BCUT2D eigenvalue weighted by atomic mass is 10.3. The van der Waals surface area contributed by atoms with Crippen molar-refractivity contribution in [3.8, 4) is 11.5 Å². The molecule has 2 aromatic carbocycles. The third-order valence-electron chi connectivity index (χ3n) is 5.85.